The van der Waals surface area contributed by atoms with Crippen LogP contribution in [0.2, 0.25) is 5.02 Å². The number of hydrogen-bond donors (Lipinski definition) is 1. The maximum Gasteiger partial charge on any atom is 0.262 e. The highest BCUT2D eigenvalue weighted by molar-refractivity contribution is 8.13. The summed E-state index contributed by atoms with van der Waals surface area (Å²) in [5.74, 6) is 0. The average molecular weight is 265 g/mol. The van der Waals surface area contributed by atoms with Crippen LogP contribution in [0.25, 0.3) is 0 Å². The summed E-state index contributed by atoms with van der Waals surface area (Å²) < 4.78 is 22.2. The molecule has 4 nitrogen and oxygen atoms in total. The number of hydrogen-bond acceptors (Lipinski definition) is 4. The van der Waals surface area contributed by atoms with Crippen molar-refractivity contribution in [2.24, 2.45) is 5.73 Å². The molecule has 0 bridgehead atoms. The molecule has 15 heavy (non-hydrogen) atoms. The largest absolute Gasteiger partial charge is 0.326 e. The van der Waals surface area contributed by atoms with Crippen molar-refractivity contribution in [1.29, 1.82) is 5.26 Å². The summed E-state index contributed by atoms with van der Waals surface area (Å²) in [5.41, 5.74) is 5.68. The minimum Gasteiger partial charge on any atom is -0.326 e. The molecular weight excluding hydrogens is 259 g/mol. The highest BCUT2D eigenvalue weighted by Gasteiger charge is 2.19. The van der Waals surface area contributed by atoms with Crippen molar-refractivity contribution in [2.75, 3.05) is 0 Å². The van der Waals surface area contributed by atoms with Gasteiger partial charge in [-0.1, -0.05) is 17.7 Å². The molecule has 0 aliphatic rings. The molecular formula is C8H6Cl2N2O2S. The summed E-state index contributed by atoms with van der Waals surface area (Å²) >= 11 is 5.79. The molecule has 1 aromatic carbocycles. The minimum absolute atomic E-state index is 0.0294. The van der Waals surface area contributed by atoms with Gasteiger partial charge in [0.25, 0.3) is 9.05 Å². The number of nitrogens with two attached hydrogens (primary N) is 1. The first kappa shape index (κ1) is 12.3. The van der Waals surface area contributed by atoms with Crippen molar-refractivity contribution in [1.82, 2.24) is 0 Å². The van der Waals surface area contributed by atoms with Crippen LogP contribution in [0.15, 0.2) is 17.0 Å². The van der Waals surface area contributed by atoms with E-state index in [0.717, 1.165) is 0 Å². The zero-order chi connectivity index (χ0) is 11.6. The molecule has 0 unspecified atom stereocenters. The van der Waals surface area contributed by atoms with Gasteiger partial charge in [0.05, 0.1) is 10.6 Å². The first-order chi connectivity index (χ1) is 6.91. The van der Waals surface area contributed by atoms with Crippen LogP contribution in [-0.2, 0) is 15.6 Å². The molecule has 0 saturated heterocycles. The fourth-order valence-electron chi connectivity index (χ4n) is 1.07. The summed E-state index contributed by atoms with van der Waals surface area (Å²) in [7, 11) is 1.17. The molecule has 2 N–H and O–H groups in total. The zero-order valence-electron chi connectivity index (χ0n) is 7.37. The van der Waals surface area contributed by atoms with Gasteiger partial charge in [0.2, 0.25) is 0 Å². The van der Waals surface area contributed by atoms with E-state index < -0.39 is 9.05 Å². The Labute approximate surface area is 96.6 Å². The van der Waals surface area contributed by atoms with Crippen molar-refractivity contribution in [3.63, 3.8) is 0 Å². The van der Waals surface area contributed by atoms with E-state index in [0.29, 0.717) is 5.56 Å². The van der Waals surface area contributed by atoms with E-state index in [1.54, 1.807) is 6.07 Å². The molecule has 0 amide bonds. The molecule has 0 radical (unpaired) electrons. The third kappa shape index (κ3) is 2.41. The summed E-state index contributed by atoms with van der Waals surface area (Å²) in [6.45, 7) is 0.121. The molecule has 0 saturated carbocycles. The molecule has 0 heterocycles. The van der Waals surface area contributed by atoms with Crippen LogP contribution in [0.1, 0.15) is 11.1 Å². The van der Waals surface area contributed by atoms with Gasteiger partial charge in [-0.2, -0.15) is 5.26 Å². The Balaban J connectivity index is 3.61. The third-order valence-corrected chi connectivity index (χ3v) is 3.57. The summed E-state index contributed by atoms with van der Waals surface area (Å²) in [5, 5.41) is 8.81. The first-order valence-electron chi connectivity index (χ1n) is 3.78. The van der Waals surface area contributed by atoms with Gasteiger partial charge in [-0.3, -0.25) is 0 Å². The molecule has 1 rings (SSSR count). The Bertz CT molecular complexity index is 534. The van der Waals surface area contributed by atoms with Crippen molar-refractivity contribution >= 4 is 31.3 Å². The molecule has 80 valence electrons. The molecule has 0 aliphatic heterocycles. The van der Waals surface area contributed by atoms with Crippen molar-refractivity contribution < 1.29 is 8.42 Å². The highest BCUT2D eigenvalue weighted by Crippen LogP contribution is 2.28. The molecule has 7 heteroatoms. The predicted octanol–water partition coefficient (Wildman–Crippen LogP) is 1.60. The van der Waals surface area contributed by atoms with E-state index in [-0.39, 0.29) is 22.0 Å². The smallest absolute Gasteiger partial charge is 0.262 e. The van der Waals surface area contributed by atoms with Gasteiger partial charge in [-0.25, -0.2) is 8.42 Å². The number of halogens is 2. The van der Waals surface area contributed by atoms with Crippen LogP contribution in [-0.4, -0.2) is 8.42 Å². The summed E-state index contributed by atoms with van der Waals surface area (Å²) in [4.78, 5) is -0.297. The summed E-state index contributed by atoms with van der Waals surface area (Å²) in [6, 6.07) is 4.34. The zero-order valence-corrected chi connectivity index (χ0v) is 9.70. The number of rotatable bonds is 2. The van der Waals surface area contributed by atoms with Crippen LogP contribution in [0, 0.1) is 11.3 Å². The molecule has 0 fully saturated rings. The standard InChI is InChI=1S/C8H6Cl2N2O2S/c9-8-5(3-11)1-2-7(6(8)4-12)15(10,13)14/h1-2H,3,11H2. The Morgan fingerprint density at radius 2 is 2.07 bits per heavy atom. The second kappa shape index (κ2) is 4.37. The maximum absolute atomic E-state index is 11.1. The molecule has 0 aromatic heterocycles. The molecule has 0 spiro atoms. The van der Waals surface area contributed by atoms with Crippen molar-refractivity contribution in [3.8, 4) is 6.07 Å². The van der Waals surface area contributed by atoms with Gasteiger partial charge in [0.15, 0.2) is 0 Å². The van der Waals surface area contributed by atoms with E-state index in [4.69, 9.17) is 33.3 Å². The minimum atomic E-state index is -3.97. The second-order valence-corrected chi connectivity index (χ2v) is 5.58. The van der Waals surface area contributed by atoms with Gasteiger partial charge < -0.3 is 5.73 Å². The summed E-state index contributed by atoms with van der Waals surface area (Å²) in [6.07, 6.45) is 0. The van der Waals surface area contributed by atoms with Crippen molar-refractivity contribution in [3.05, 3.63) is 28.3 Å². The Morgan fingerprint density at radius 3 is 2.47 bits per heavy atom. The SMILES string of the molecule is N#Cc1c(S(=O)(=O)Cl)ccc(CN)c1Cl. The monoisotopic (exact) mass is 264 g/mol. The van der Waals surface area contributed by atoms with Gasteiger partial charge in [-0.15, -0.1) is 0 Å². The second-order valence-electron chi connectivity index (χ2n) is 2.67. The van der Waals surface area contributed by atoms with Crippen LogP contribution >= 0.6 is 22.3 Å². The van der Waals surface area contributed by atoms with E-state index >= 15 is 0 Å². The van der Waals surface area contributed by atoms with Gasteiger partial charge in [0.1, 0.15) is 11.0 Å². The Hall–Kier alpha value is -0.800. The van der Waals surface area contributed by atoms with E-state index in [2.05, 4.69) is 0 Å². The third-order valence-electron chi connectivity index (χ3n) is 1.78. The molecule has 1 aromatic rings. The van der Waals surface area contributed by atoms with E-state index in [1.807, 2.05) is 0 Å². The van der Waals surface area contributed by atoms with Crippen molar-refractivity contribution in [2.45, 2.75) is 11.4 Å². The predicted molar refractivity (Wildman–Crippen MR) is 57.1 cm³/mol. The fraction of sp³-hybridized carbons (Fsp3) is 0.125. The topological polar surface area (TPSA) is 84.0 Å². The quantitative estimate of drug-likeness (QED) is 0.823. The fourth-order valence-corrected chi connectivity index (χ4v) is 2.41. The lowest BCUT2D eigenvalue weighted by molar-refractivity contribution is 0.609. The van der Waals surface area contributed by atoms with Crippen LogP contribution in [0.5, 0.6) is 0 Å². The lowest BCUT2D eigenvalue weighted by Crippen LogP contribution is -2.02. The van der Waals surface area contributed by atoms with E-state index in [9.17, 15) is 8.42 Å². The number of nitrogens with zero attached hydrogens (tertiary/aromatic N) is 1. The van der Waals surface area contributed by atoms with Crippen LogP contribution in [0.3, 0.4) is 0 Å². The number of nitriles is 1. The first-order valence-corrected chi connectivity index (χ1v) is 6.46. The lowest BCUT2D eigenvalue weighted by Gasteiger charge is -2.06. The normalized spacial score (nSPS) is 11.1. The Morgan fingerprint density at radius 1 is 1.47 bits per heavy atom. The van der Waals surface area contributed by atoms with Gasteiger partial charge >= 0.3 is 0 Å². The van der Waals surface area contributed by atoms with Gasteiger partial charge in [0, 0.05) is 17.2 Å². The van der Waals surface area contributed by atoms with Crippen LogP contribution in [0.4, 0.5) is 0 Å². The number of benzene rings is 1. The molecule has 0 aliphatic carbocycles. The van der Waals surface area contributed by atoms with E-state index in [1.165, 1.54) is 12.1 Å². The lowest BCUT2D eigenvalue weighted by atomic mass is 10.1. The van der Waals surface area contributed by atoms with Gasteiger partial charge in [-0.05, 0) is 11.6 Å². The Kier molecular flexibility index (Phi) is 3.58. The molecule has 0 atom stereocenters. The maximum atomic E-state index is 11.1. The van der Waals surface area contributed by atoms with Crippen LogP contribution < -0.4 is 5.73 Å². The average Bonchev–Trinajstić information content (AvgIpc) is 2.15. The highest BCUT2D eigenvalue weighted by atomic mass is 35.7.